The molecule has 0 N–H and O–H groups in total. The van der Waals surface area contributed by atoms with E-state index in [4.69, 9.17) is 0 Å². The summed E-state index contributed by atoms with van der Waals surface area (Å²) in [6, 6.07) is 56.8. The van der Waals surface area contributed by atoms with Gasteiger partial charge in [-0.25, -0.2) is 0 Å². The molecular weight excluding hydrogens is 635 g/mol. The fraction of sp³-hybridized carbons (Fsp3) is 0.143. The molecule has 10 rings (SSSR count). The normalized spacial score (nSPS) is 14.4. The number of nitrogens with zero attached hydrogens (tertiary/aromatic N) is 1. The monoisotopic (exact) mass is 675 g/mol. The first kappa shape index (κ1) is 31.5. The van der Waals surface area contributed by atoms with Gasteiger partial charge in [0.1, 0.15) is 0 Å². The number of hydrogen-bond acceptors (Lipinski definition) is 2. The third-order valence-electron chi connectivity index (χ3n) is 11.4. The first-order chi connectivity index (χ1) is 24.3. The summed E-state index contributed by atoms with van der Waals surface area (Å²) in [7, 11) is 0. The van der Waals surface area contributed by atoms with E-state index in [0.29, 0.717) is 0 Å². The van der Waals surface area contributed by atoms with Gasteiger partial charge in [0.25, 0.3) is 0 Å². The van der Waals surface area contributed by atoms with E-state index in [9.17, 15) is 0 Å². The number of rotatable bonds is 4. The molecule has 0 saturated carbocycles. The van der Waals surface area contributed by atoms with Crippen molar-refractivity contribution in [3.8, 4) is 33.4 Å². The lowest BCUT2D eigenvalue weighted by Gasteiger charge is -2.33. The highest BCUT2D eigenvalue weighted by Crippen LogP contribution is 2.56. The van der Waals surface area contributed by atoms with Crippen molar-refractivity contribution in [2.75, 3.05) is 4.90 Å². The predicted octanol–water partition coefficient (Wildman–Crippen LogP) is 14.4. The van der Waals surface area contributed by atoms with Gasteiger partial charge in [-0.3, -0.25) is 0 Å². The molecule has 0 saturated heterocycles. The van der Waals surface area contributed by atoms with E-state index in [1.807, 2.05) is 11.3 Å². The van der Waals surface area contributed by atoms with Crippen LogP contribution in [-0.4, -0.2) is 0 Å². The standard InChI is InChI=1S/C48H37NS.CH4/c1-47(2)40-19-8-5-15-34(40)36-26-24-33(29-42(36)47)49(43-21-12-18-39-35-16-6-9-20-41(35)48(3,4)46(39)43)32-14-11-13-30(27-32)31-23-25-38-37-17-7-10-22-44(37)50-45(38)28-31;/h5-29H,1-4H3;1H4. The van der Waals surface area contributed by atoms with E-state index in [0.717, 1.165) is 5.69 Å². The van der Waals surface area contributed by atoms with Crippen LogP contribution in [0.1, 0.15) is 57.4 Å². The van der Waals surface area contributed by atoms with E-state index in [1.54, 1.807) is 0 Å². The summed E-state index contributed by atoms with van der Waals surface area (Å²) in [5.74, 6) is 0. The zero-order valence-electron chi connectivity index (χ0n) is 28.8. The molecular formula is C49H41NS. The van der Waals surface area contributed by atoms with Crippen LogP contribution in [-0.2, 0) is 10.8 Å². The quantitative estimate of drug-likeness (QED) is 0.179. The molecule has 8 aromatic rings. The molecule has 0 unspecified atom stereocenters. The molecule has 2 aliphatic carbocycles. The molecule has 0 amide bonds. The minimum Gasteiger partial charge on any atom is -0.310 e. The minimum atomic E-state index is -0.156. The van der Waals surface area contributed by atoms with E-state index in [-0.39, 0.29) is 18.3 Å². The molecule has 0 atom stereocenters. The van der Waals surface area contributed by atoms with Gasteiger partial charge >= 0.3 is 0 Å². The maximum atomic E-state index is 2.52. The van der Waals surface area contributed by atoms with Crippen LogP contribution >= 0.6 is 11.3 Å². The van der Waals surface area contributed by atoms with E-state index < -0.39 is 0 Å². The molecule has 1 nitrogen and oxygen atoms in total. The minimum absolute atomic E-state index is 0. The molecule has 1 aromatic heterocycles. The van der Waals surface area contributed by atoms with Gasteiger partial charge in [-0.2, -0.15) is 0 Å². The van der Waals surface area contributed by atoms with Crippen molar-refractivity contribution < 1.29 is 0 Å². The average molecular weight is 676 g/mol. The summed E-state index contributed by atoms with van der Waals surface area (Å²) < 4.78 is 2.66. The molecule has 0 radical (unpaired) electrons. The van der Waals surface area contributed by atoms with Crippen molar-refractivity contribution in [1.82, 2.24) is 0 Å². The Balaban J connectivity index is 0.00000348. The summed E-state index contributed by atoms with van der Waals surface area (Å²) in [5, 5.41) is 2.66. The number of thiophene rings is 1. The van der Waals surface area contributed by atoms with Crippen molar-refractivity contribution in [1.29, 1.82) is 0 Å². The van der Waals surface area contributed by atoms with Crippen LogP contribution in [0.2, 0.25) is 0 Å². The van der Waals surface area contributed by atoms with Crippen LogP contribution in [0.5, 0.6) is 0 Å². The van der Waals surface area contributed by atoms with Crippen LogP contribution < -0.4 is 4.90 Å². The highest BCUT2D eigenvalue weighted by atomic mass is 32.1. The third kappa shape index (κ3) is 4.52. The molecule has 248 valence electrons. The first-order valence-corrected chi connectivity index (χ1v) is 18.4. The van der Waals surface area contributed by atoms with Crippen LogP contribution in [0, 0.1) is 0 Å². The van der Waals surface area contributed by atoms with Gasteiger partial charge in [-0.1, -0.05) is 144 Å². The summed E-state index contributed by atoms with van der Waals surface area (Å²) in [6.07, 6.45) is 0. The Bertz CT molecular complexity index is 2670. The van der Waals surface area contributed by atoms with Crippen LogP contribution in [0.25, 0.3) is 53.6 Å². The van der Waals surface area contributed by atoms with Gasteiger partial charge in [0.05, 0.1) is 5.69 Å². The van der Waals surface area contributed by atoms with E-state index in [2.05, 4.69) is 184 Å². The van der Waals surface area contributed by atoms with Crippen LogP contribution in [0.3, 0.4) is 0 Å². The van der Waals surface area contributed by atoms with Crippen LogP contribution in [0.4, 0.5) is 17.1 Å². The van der Waals surface area contributed by atoms with E-state index >= 15 is 0 Å². The van der Waals surface area contributed by atoms with Gasteiger partial charge in [-0.15, -0.1) is 11.3 Å². The Hall–Kier alpha value is -5.44. The predicted molar refractivity (Wildman–Crippen MR) is 221 cm³/mol. The SMILES string of the molecule is C.CC1(C)c2ccccc2-c2ccc(N(c3cccc(-c4ccc5c(c4)sc4ccccc45)c3)c3cccc4c3C(C)(C)c3ccccc3-4)cc21. The lowest BCUT2D eigenvalue weighted by molar-refractivity contribution is 0.658. The lowest BCUT2D eigenvalue weighted by atomic mass is 9.81. The van der Waals surface area contributed by atoms with Gasteiger partial charge in [0.2, 0.25) is 0 Å². The highest BCUT2D eigenvalue weighted by Gasteiger charge is 2.40. The molecule has 1 heterocycles. The molecule has 2 heteroatoms. The molecule has 0 aliphatic heterocycles. The van der Waals surface area contributed by atoms with Gasteiger partial charge in [0, 0.05) is 42.4 Å². The summed E-state index contributed by atoms with van der Waals surface area (Å²) in [5.41, 5.74) is 16.7. The Morgan fingerprint density at radius 3 is 1.86 bits per heavy atom. The number of benzene rings is 7. The number of fused-ring (bicyclic) bond motifs is 9. The largest absolute Gasteiger partial charge is 0.310 e. The maximum Gasteiger partial charge on any atom is 0.0508 e. The Morgan fingerprint density at radius 1 is 0.431 bits per heavy atom. The lowest BCUT2D eigenvalue weighted by Crippen LogP contribution is -2.21. The topological polar surface area (TPSA) is 3.24 Å². The molecule has 2 aliphatic rings. The molecule has 0 spiro atoms. The first-order valence-electron chi connectivity index (χ1n) is 17.6. The average Bonchev–Trinajstić information content (AvgIpc) is 3.72. The smallest absolute Gasteiger partial charge is 0.0508 e. The fourth-order valence-corrected chi connectivity index (χ4v) is 10.1. The second kappa shape index (κ2) is 11.3. The highest BCUT2D eigenvalue weighted by molar-refractivity contribution is 7.25. The van der Waals surface area contributed by atoms with Gasteiger partial charge < -0.3 is 4.90 Å². The van der Waals surface area contributed by atoms with Crippen LogP contribution in [0.15, 0.2) is 152 Å². The van der Waals surface area contributed by atoms with Crippen molar-refractivity contribution in [3.05, 3.63) is 174 Å². The molecule has 0 bridgehead atoms. The van der Waals surface area contributed by atoms with E-state index in [1.165, 1.54) is 87.2 Å². The Morgan fingerprint density at radius 2 is 1.04 bits per heavy atom. The second-order valence-electron chi connectivity index (χ2n) is 15.0. The van der Waals surface area contributed by atoms with Crippen molar-refractivity contribution >= 4 is 48.6 Å². The maximum absolute atomic E-state index is 2.52. The zero-order chi connectivity index (χ0) is 33.8. The molecule has 7 aromatic carbocycles. The number of hydrogen-bond donors (Lipinski definition) is 0. The van der Waals surface area contributed by atoms with Crippen molar-refractivity contribution in [2.24, 2.45) is 0 Å². The second-order valence-corrected chi connectivity index (χ2v) is 16.0. The molecule has 0 fully saturated rings. The fourth-order valence-electron chi connectivity index (χ4n) is 8.99. The molecule has 51 heavy (non-hydrogen) atoms. The Labute approximate surface area is 305 Å². The zero-order valence-corrected chi connectivity index (χ0v) is 29.6. The third-order valence-corrected chi connectivity index (χ3v) is 12.6. The van der Waals surface area contributed by atoms with Crippen molar-refractivity contribution in [3.63, 3.8) is 0 Å². The summed E-state index contributed by atoms with van der Waals surface area (Å²) >= 11 is 1.88. The van der Waals surface area contributed by atoms with Gasteiger partial charge in [-0.05, 0) is 98.1 Å². The van der Waals surface area contributed by atoms with Crippen molar-refractivity contribution in [2.45, 2.75) is 46.0 Å². The summed E-state index contributed by atoms with van der Waals surface area (Å²) in [6.45, 7) is 9.52. The van der Waals surface area contributed by atoms with Gasteiger partial charge in [0.15, 0.2) is 0 Å². The summed E-state index contributed by atoms with van der Waals surface area (Å²) in [4.78, 5) is 2.52. The number of anilines is 3. The Kier molecular flexibility index (Phi) is 6.98.